The summed E-state index contributed by atoms with van der Waals surface area (Å²) in [5.41, 5.74) is 1.96. The van der Waals surface area contributed by atoms with E-state index in [-0.39, 0.29) is 22.2 Å². The molecule has 1 amide bonds. The lowest BCUT2D eigenvalue weighted by molar-refractivity contribution is -0.139. The SMILES string of the molecule is Cc1c(-c2cccc(NC(=O)c3ccccn3)c2)sc(C(=O)O)c1OCC(=O)O. The minimum Gasteiger partial charge on any atom is -0.480 e. The molecule has 0 spiro atoms. The normalized spacial score (nSPS) is 10.4. The van der Waals surface area contributed by atoms with E-state index in [9.17, 15) is 19.5 Å². The lowest BCUT2D eigenvalue weighted by Crippen LogP contribution is -2.13. The maximum Gasteiger partial charge on any atom is 0.349 e. The van der Waals surface area contributed by atoms with Crippen molar-refractivity contribution in [1.82, 2.24) is 4.98 Å². The summed E-state index contributed by atoms with van der Waals surface area (Å²) < 4.78 is 5.20. The van der Waals surface area contributed by atoms with Crippen LogP contribution >= 0.6 is 11.3 Å². The van der Waals surface area contributed by atoms with E-state index in [1.165, 1.54) is 6.20 Å². The Hall–Kier alpha value is -3.72. The van der Waals surface area contributed by atoms with Gasteiger partial charge < -0.3 is 20.3 Å². The molecule has 1 aromatic carbocycles. The topological polar surface area (TPSA) is 126 Å². The van der Waals surface area contributed by atoms with Crippen LogP contribution in [-0.4, -0.2) is 39.6 Å². The van der Waals surface area contributed by atoms with E-state index in [1.807, 2.05) is 0 Å². The average molecular weight is 412 g/mol. The van der Waals surface area contributed by atoms with Gasteiger partial charge in [0.15, 0.2) is 11.5 Å². The van der Waals surface area contributed by atoms with Crippen LogP contribution in [0.15, 0.2) is 48.7 Å². The number of aliphatic carboxylic acids is 1. The van der Waals surface area contributed by atoms with Crippen LogP contribution in [0, 0.1) is 6.92 Å². The van der Waals surface area contributed by atoms with Crippen LogP contribution in [0.3, 0.4) is 0 Å². The second-order valence-corrected chi connectivity index (χ2v) is 6.97. The first-order valence-electron chi connectivity index (χ1n) is 8.41. The Bertz CT molecular complexity index is 1080. The Morgan fingerprint density at radius 3 is 2.59 bits per heavy atom. The first kappa shape index (κ1) is 20.0. The fourth-order valence-corrected chi connectivity index (χ4v) is 3.74. The van der Waals surface area contributed by atoms with Crippen molar-refractivity contribution in [1.29, 1.82) is 0 Å². The molecule has 29 heavy (non-hydrogen) atoms. The maximum absolute atomic E-state index is 12.3. The number of hydrogen-bond donors (Lipinski definition) is 3. The first-order chi connectivity index (χ1) is 13.9. The number of thiophene rings is 1. The molecule has 0 unspecified atom stereocenters. The molecular formula is C20H16N2O6S. The molecule has 0 fully saturated rings. The highest BCUT2D eigenvalue weighted by molar-refractivity contribution is 7.18. The fraction of sp³-hybridized carbons (Fsp3) is 0.100. The maximum atomic E-state index is 12.3. The molecule has 0 aliphatic rings. The Kier molecular flexibility index (Phi) is 5.89. The van der Waals surface area contributed by atoms with Gasteiger partial charge in [0, 0.05) is 22.3 Å². The molecule has 3 aromatic rings. The molecule has 0 saturated carbocycles. The average Bonchev–Trinajstić information content (AvgIpc) is 3.04. The number of carbonyl (C=O) groups is 3. The van der Waals surface area contributed by atoms with E-state index >= 15 is 0 Å². The van der Waals surface area contributed by atoms with E-state index in [2.05, 4.69) is 10.3 Å². The van der Waals surface area contributed by atoms with Crippen LogP contribution in [-0.2, 0) is 4.79 Å². The van der Waals surface area contributed by atoms with Gasteiger partial charge in [0.2, 0.25) is 0 Å². The number of aromatic carboxylic acids is 1. The van der Waals surface area contributed by atoms with Crippen molar-refractivity contribution in [3.63, 3.8) is 0 Å². The number of benzene rings is 1. The van der Waals surface area contributed by atoms with Crippen molar-refractivity contribution < 1.29 is 29.3 Å². The van der Waals surface area contributed by atoms with E-state index in [4.69, 9.17) is 9.84 Å². The zero-order chi connectivity index (χ0) is 21.0. The summed E-state index contributed by atoms with van der Waals surface area (Å²) in [6.07, 6.45) is 1.52. The zero-order valence-corrected chi connectivity index (χ0v) is 16.0. The highest BCUT2D eigenvalue weighted by Gasteiger charge is 2.23. The second kappa shape index (κ2) is 8.53. The third-order valence-electron chi connectivity index (χ3n) is 3.91. The molecule has 9 heteroatoms. The molecule has 0 aliphatic carbocycles. The van der Waals surface area contributed by atoms with Gasteiger partial charge in [-0.2, -0.15) is 0 Å². The van der Waals surface area contributed by atoms with Crippen molar-refractivity contribution in [2.24, 2.45) is 0 Å². The Balaban J connectivity index is 1.92. The van der Waals surface area contributed by atoms with Crippen molar-refractivity contribution in [2.45, 2.75) is 6.92 Å². The van der Waals surface area contributed by atoms with Crippen molar-refractivity contribution in [2.75, 3.05) is 11.9 Å². The zero-order valence-electron chi connectivity index (χ0n) is 15.2. The summed E-state index contributed by atoms with van der Waals surface area (Å²) in [6.45, 7) is 1.02. The number of amides is 1. The number of anilines is 1. The van der Waals surface area contributed by atoms with Crippen LogP contribution in [0.2, 0.25) is 0 Å². The molecule has 0 radical (unpaired) electrons. The number of rotatable bonds is 7. The minimum atomic E-state index is -1.20. The van der Waals surface area contributed by atoms with Crippen LogP contribution < -0.4 is 10.1 Å². The van der Waals surface area contributed by atoms with Gasteiger partial charge in [0.1, 0.15) is 11.4 Å². The smallest absolute Gasteiger partial charge is 0.349 e. The third kappa shape index (κ3) is 4.58. The van der Waals surface area contributed by atoms with Gasteiger partial charge >= 0.3 is 11.9 Å². The number of carboxylic acids is 2. The Labute approximate surface area is 169 Å². The second-order valence-electron chi connectivity index (χ2n) is 5.95. The molecule has 3 rings (SSSR count). The van der Waals surface area contributed by atoms with Crippen LogP contribution in [0.5, 0.6) is 5.75 Å². The highest BCUT2D eigenvalue weighted by atomic mass is 32.1. The van der Waals surface area contributed by atoms with Gasteiger partial charge in [-0.3, -0.25) is 9.78 Å². The number of ether oxygens (including phenoxy) is 1. The number of aromatic nitrogens is 1. The van der Waals surface area contributed by atoms with Gasteiger partial charge in [0.25, 0.3) is 5.91 Å². The molecule has 148 valence electrons. The van der Waals surface area contributed by atoms with Gasteiger partial charge in [0.05, 0.1) is 0 Å². The standard InChI is InChI=1S/C20H16N2O6S/c1-11-16(28-10-15(23)24)18(20(26)27)29-17(11)12-5-4-6-13(9-12)22-19(25)14-7-2-3-8-21-14/h2-9H,10H2,1H3,(H,22,25)(H,23,24)(H,26,27). The summed E-state index contributed by atoms with van der Waals surface area (Å²) in [6, 6.07) is 11.9. The van der Waals surface area contributed by atoms with Gasteiger partial charge in [-0.1, -0.05) is 18.2 Å². The van der Waals surface area contributed by atoms with Gasteiger partial charge in [-0.25, -0.2) is 9.59 Å². The number of carboxylic acid groups (broad SMARTS) is 2. The third-order valence-corrected chi connectivity index (χ3v) is 5.22. The molecule has 0 bridgehead atoms. The molecular weight excluding hydrogens is 396 g/mol. The molecule has 2 aromatic heterocycles. The van der Waals surface area contributed by atoms with E-state index in [1.54, 1.807) is 49.4 Å². The molecule has 3 N–H and O–H groups in total. The molecule has 0 saturated heterocycles. The monoisotopic (exact) mass is 412 g/mol. The van der Waals surface area contributed by atoms with Crippen LogP contribution in [0.4, 0.5) is 5.69 Å². The van der Waals surface area contributed by atoms with E-state index < -0.39 is 18.5 Å². The number of hydrogen-bond acceptors (Lipinski definition) is 6. The Morgan fingerprint density at radius 1 is 1.14 bits per heavy atom. The molecule has 0 aliphatic heterocycles. The summed E-state index contributed by atoms with van der Waals surface area (Å²) in [7, 11) is 0. The van der Waals surface area contributed by atoms with E-state index in [0.29, 0.717) is 21.7 Å². The lowest BCUT2D eigenvalue weighted by Gasteiger charge is -2.08. The minimum absolute atomic E-state index is 0.0304. The predicted molar refractivity (Wildman–Crippen MR) is 107 cm³/mol. The van der Waals surface area contributed by atoms with Crippen LogP contribution in [0.1, 0.15) is 25.7 Å². The van der Waals surface area contributed by atoms with Gasteiger partial charge in [-0.15, -0.1) is 11.3 Å². The summed E-state index contributed by atoms with van der Waals surface area (Å²) >= 11 is 0.980. The summed E-state index contributed by atoms with van der Waals surface area (Å²) in [5, 5.41) is 21.0. The number of nitrogens with one attached hydrogen (secondary N) is 1. The first-order valence-corrected chi connectivity index (χ1v) is 9.22. The van der Waals surface area contributed by atoms with Crippen molar-refractivity contribution in [3.8, 4) is 16.2 Å². The molecule has 0 atom stereocenters. The number of pyridine rings is 1. The molecule has 8 nitrogen and oxygen atoms in total. The predicted octanol–water partition coefficient (Wildman–Crippen LogP) is 3.53. The number of nitrogens with zero attached hydrogens (tertiary/aromatic N) is 1. The van der Waals surface area contributed by atoms with Gasteiger partial charge in [-0.05, 0) is 36.8 Å². The van der Waals surface area contributed by atoms with Crippen molar-refractivity contribution in [3.05, 3.63) is 64.8 Å². The van der Waals surface area contributed by atoms with E-state index in [0.717, 1.165) is 11.3 Å². The fourth-order valence-electron chi connectivity index (χ4n) is 2.65. The molecule has 2 heterocycles. The van der Waals surface area contributed by atoms with Crippen LogP contribution in [0.25, 0.3) is 10.4 Å². The summed E-state index contributed by atoms with van der Waals surface area (Å²) in [5.74, 6) is -2.75. The quantitative estimate of drug-likeness (QED) is 0.542. The summed E-state index contributed by atoms with van der Waals surface area (Å²) in [4.78, 5) is 39.2. The number of carbonyl (C=O) groups excluding carboxylic acids is 1. The Morgan fingerprint density at radius 2 is 1.93 bits per heavy atom. The van der Waals surface area contributed by atoms with Crippen molar-refractivity contribution >= 4 is 34.9 Å². The lowest BCUT2D eigenvalue weighted by atomic mass is 10.1. The largest absolute Gasteiger partial charge is 0.480 e. The highest BCUT2D eigenvalue weighted by Crippen LogP contribution is 2.42.